The van der Waals surface area contributed by atoms with E-state index in [0.29, 0.717) is 19.6 Å². The number of fused-ring (bicyclic) bond motifs is 1. The van der Waals surface area contributed by atoms with Gasteiger partial charge in [-0.3, -0.25) is 0 Å². The smallest absolute Gasteiger partial charge is 0.214 e. The van der Waals surface area contributed by atoms with Gasteiger partial charge in [0.2, 0.25) is 10.0 Å². The van der Waals surface area contributed by atoms with E-state index in [0.717, 1.165) is 19.3 Å². The van der Waals surface area contributed by atoms with Crippen molar-refractivity contribution in [2.24, 2.45) is 0 Å². The van der Waals surface area contributed by atoms with E-state index in [2.05, 4.69) is 0 Å². The van der Waals surface area contributed by atoms with Gasteiger partial charge in [0, 0.05) is 6.54 Å². The lowest BCUT2D eigenvalue weighted by Gasteiger charge is -2.42. The molecule has 5 heteroatoms. The second kappa shape index (κ2) is 5.02. The lowest BCUT2D eigenvalue weighted by atomic mass is 9.91. The van der Waals surface area contributed by atoms with Crippen LogP contribution in [0.3, 0.4) is 0 Å². The normalized spacial score (nSPS) is 32.3. The fraction of sp³-hybridized carbons (Fsp3) is 1.00. The van der Waals surface area contributed by atoms with Gasteiger partial charge in [0.1, 0.15) is 0 Å². The zero-order chi connectivity index (χ0) is 11.6. The van der Waals surface area contributed by atoms with E-state index in [-0.39, 0.29) is 17.9 Å². The Morgan fingerprint density at radius 3 is 2.81 bits per heavy atom. The first-order chi connectivity index (χ1) is 7.65. The van der Waals surface area contributed by atoms with Gasteiger partial charge in [-0.05, 0) is 19.3 Å². The average molecular weight is 247 g/mol. The number of morpholine rings is 1. The molecule has 0 bridgehead atoms. The van der Waals surface area contributed by atoms with Crippen molar-refractivity contribution in [3.63, 3.8) is 0 Å². The minimum Gasteiger partial charge on any atom is -0.375 e. The standard InChI is InChI=1S/C11H21NO3S/c1-2-9-16(13,14)12-7-8-15-11-6-4-3-5-10(11)12/h10-11H,2-9H2,1H3. The number of hydrogen-bond acceptors (Lipinski definition) is 3. The Hall–Kier alpha value is -0.130. The molecule has 1 saturated carbocycles. The fourth-order valence-corrected chi connectivity index (χ4v) is 4.54. The molecule has 2 rings (SSSR count). The monoisotopic (exact) mass is 247 g/mol. The Bertz CT molecular complexity index is 326. The Morgan fingerprint density at radius 2 is 2.06 bits per heavy atom. The first-order valence-electron chi connectivity index (χ1n) is 6.26. The molecule has 2 atom stereocenters. The van der Waals surface area contributed by atoms with Crippen LogP contribution in [0.1, 0.15) is 39.0 Å². The highest BCUT2D eigenvalue weighted by Crippen LogP contribution is 2.30. The number of nitrogens with zero attached hydrogens (tertiary/aromatic N) is 1. The van der Waals surface area contributed by atoms with Crippen molar-refractivity contribution >= 4 is 10.0 Å². The van der Waals surface area contributed by atoms with E-state index in [4.69, 9.17) is 4.74 Å². The summed E-state index contributed by atoms with van der Waals surface area (Å²) < 4.78 is 31.6. The number of hydrogen-bond donors (Lipinski definition) is 0. The van der Waals surface area contributed by atoms with Gasteiger partial charge >= 0.3 is 0 Å². The molecule has 0 amide bonds. The molecule has 1 saturated heterocycles. The average Bonchev–Trinajstić information content (AvgIpc) is 2.28. The minimum atomic E-state index is -3.05. The molecule has 4 nitrogen and oxygen atoms in total. The van der Waals surface area contributed by atoms with Crippen LogP contribution in [0.4, 0.5) is 0 Å². The molecule has 2 fully saturated rings. The van der Waals surface area contributed by atoms with Crippen LogP contribution in [0.5, 0.6) is 0 Å². The summed E-state index contributed by atoms with van der Waals surface area (Å²) in [7, 11) is -3.05. The van der Waals surface area contributed by atoms with Gasteiger partial charge in [-0.1, -0.05) is 19.8 Å². The summed E-state index contributed by atoms with van der Waals surface area (Å²) in [5.41, 5.74) is 0. The second-order valence-electron chi connectivity index (χ2n) is 4.69. The minimum absolute atomic E-state index is 0.110. The zero-order valence-electron chi connectivity index (χ0n) is 9.89. The van der Waals surface area contributed by atoms with E-state index in [1.54, 1.807) is 4.31 Å². The van der Waals surface area contributed by atoms with Crippen LogP contribution in [0.15, 0.2) is 0 Å². The molecule has 16 heavy (non-hydrogen) atoms. The maximum Gasteiger partial charge on any atom is 0.214 e. The third-order valence-corrected chi connectivity index (χ3v) is 5.59. The Labute approximate surface area is 98.0 Å². The molecule has 1 aliphatic carbocycles. The first-order valence-corrected chi connectivity index (χ1v) is 7.87. The van der Waals surface area contributed by atoms with E-state index < -0.39 is 10.0 Å². The van der Waals surface area contributed by atoms with Crippen LogP contribution in [-0.4, -0.2) is 43.8 Å². The van der Waals surface area contributed by atoms with Crippen LogP contribution in [-0.2, 0) is 14.8 Å². The lowest BCUT2D eigenvalue weighted by Crippen LogP contribution is -2.55. The number of rotatable bonds is 3. The number of sulfonamides is 1. The molecule has 2 unspecified atom stereocenters. The van der Waals surface area contributed by atoms with Crippen molar-refractivity contribution in [3.8, 4) is 0 Å². The Morgan fingerprint density at radius 1 is 1.31 bits per heavy atom. The maximum atomic E-state index is 12.1. The third kappa shape index (κ3) is 2.41. The van der Waals surface area contributed by atoms with Gasteiger partial charge in [-0.25, -0.2) is 8.42 Å². The zero-order valence-corrected chi connectivity index (χ0v) is 10.7. The summed E-state index contributed by atoms with van der Waals surface area (Å²) in [5.74, 6) is 0.274. The third-order valence-electron chi connectivity index (χ3n) is 3.50. The summed E-state index contributed by atoms with van der Waals surface area (Å²) in [5, 5.41) is 0. The highest BCUT2D eigenvalue weighted by atomic mass is 32.2. The molecule has 94 valence electrons. The molecule has 0 aromatic heterocycles. The van der Waals surface area contributed by atoms with Crippen LogP contribution < -0.4 is 0 Å². The lowest BCUT2D eigenvalue weighted by molar-refractivity contribution is -0.0585. The summed E-state index contributed by atoms with van der Waals surface area (Å²) in [6, 6.07) is 0.110. The summed E-state index contributed by atoms with van der Waals surface area (Å²) >= 11 is 0. The molecule has 0 aromatic carbocycles. The largest absolute Gasteiger partial charge is 0.375 e. The molecule has 2 aliphatic rings. The molecule has 0 aromatic rings. The van der Waals surface area contributed by atoms with Crippen LogP contribution >= 0.6 is 0 Å². The predicted molar refractivity (Wildman–Crippen MR) is 62.8 cm³/mol. The van der Waals surface area contributed by atoms with E-state index >= 15 is 0 Å². The van der Waals surface area contributed by atoms with Crippen LogP contribution in [0.2, 0.25) is 0 Å². The van der Waals surface area contributed by atoms with Gasteiger partial charge in [0.05, 0.1) is 24.5 Å². The van der Waals surface area contributed by atoms with Gasteiger partial charge in [-0.15, -0.1) is 0 Å². The van der Waals surface area contributed by atoms with Crippen LogP contribution in [0, 0.1) is 0 Å². The highest BCUT2D eigenvalue weighted by molar-refractivity contribution is 7.89. The quantitative estimate of drug-likeness (QED) is 0.756. The van der Waals surface area contributed by atoms with Crippen molar-refractivity contribution < 1.29 is 13.2 Å². The second-order valence-corrected chi connectivity index (χ2v) is 6.73. The molecule has 0 N–H and O–H groups in total. The van der Waals surface area contributed by atoms with Gasteiger partial charge in [-0.2, -0.15) is 4.31 Å². The molecular weight excluding hydrogens is 226 g/mol. The van der Waals surface area contributed by atoms with Crippen molar-refractivity contribution in [3.05, 3.63) is 0 Å². The summed E-state index contributed by atoms with van der Waals surface area (Å²) in [6.45, 7) is 3.02. The SMILES string of the molecule is CCCS(=O)(=O)N1CCOC2CCCCC21. The molecule has 1 aliphatic heterocycles. The van der Waals surface area contributed by atoms with Crippen LogP contribution in [0.25, 0.3) is 0 Å². The summed E-state index contributed by atoms with van der Waals surface area (Å²) in [4.78, 5) is 0. The van der Waals surface area contributed by atoms with E-state index in [1.165, 1.54) is 6.42 Å². The first kappa shape index (κ1) is 12.3. The van der Waals surface area contributed by atoms with Gasteiger partial charge in [0.25, 0.3) is 0 Å². The molecule has 0 radical (unpaired) electrons. The van der Waals surface area contributed by atoms with Gasteiger partial charge in [0.15, 0.2) is 0 Å². The van der Waals surface area contributed by atoms with Gasteiger partial charge < -0.3 is 4.74 Å². The molecule has 1 heterocycles. The molecule has 0 spiro atoms. The van der Waals surface area contributed by atoms with Crippen molar-refractivity contribution in [1.82, 2.24) is 4.31 Å². The predicted octanol–water partition coefficient (Wildman–Crippen LogP) is 1.37. The highest BCUT2D eigenvalue weighted by Gasteiger charge is 2.39. The van der Waals surface area contributed by atoms with E-state index in [1.807, 2.05) is 6.92 Å². The van der Waals surface area contributed by atoms with E-state index in [9.17, 15) is 8.42 Å². The Balaban J connectivity index is 2.13. The fourth-order valence-electron chi connectivity index (χ4n) is 2.78. The summed E-state index contributed by atoms with van der Waals surface area (Å²) in [6.07, 6.45) is 5.12. The van der Waals surface area contributed by atoms with Crippen molar-refractivity contribution in [1.29, 1.82) is 0 Å². The molecular formula is C11H21NO3S. The number of ether oxygens (including phenoxy) is 1. The van der Waals surface area contributed by atoms with Crippen molar-refractivity contribution in [2.45, 2.75) is 51.2 Å². The maximum absolute atomic E-state index is 12.1. The topological polar surface area (TPSA) is 46.6 Å². The Kier molecular flexibility index (Phi) is 3.87. The van der Waals surface area contributed by atoms with Crippen molar-refractivity contribution in [2.75, 3.05) is 18.9 Å².